The summed E-state index contributed by atoms with van der Waals surface area (Å²) in [4.78, 5) is 24.4. The van der Waals surface area contributed by atoms with Crippen LogP contribution in [0.4, 0.5) is 0 Å². The number of hydrogen-bond acceptors (Lipinski definition) is 5. The number of benzene rings is 1. The van der Waals surface area contributed by atoms with E-state index in [1.165, 1.54) is 115 Å². The molecule has 3 aliphatic carbocycles. The lowest BCUT2D eigenvalue weighted by Gasteiger charge is -2.37. The first-order valence-corrected chi connectivity index (χ1v) is 19.3. The minimum Gasteiger partial charge on any atom is -0.462 e. The van der Waals surface area contributed by atoms with Crippen molar-refractivity contribution in [2.75, 3.05) is 13.2 Å². The van der Waals surface area contributed by atoms with Crippen molar-refractivity contribution in [1.29, 1.82) is 0 Å². The van der Waals surface area contributed by atoms with Crippen molar-refractivity contribution in [2.45, 2.75) is 141 Å². The highest BCUT2D eigenvalue weighted by molar-refractivity contribution is 5.88. The van der Waals surface area contributed by atoms with Crippen molar-refractivity contribution < 1.29 is 24.2 Å². The van der Waals surface area contributed by atoms with Gasteiger partial charge in [-0.3, -0.25) is 0 Å². The van der Waals surface area contributed by atoms with Crippen LogP contribution in [0.2, 0.25) is 0 Å². The molecule has 2 atom stereocenters. The number of carbonyl (C=O) groups excluding carboxylic acids is 2. The van der Waals surface area contributed by atoms with Gasteiger partial charge in [-0.1, -0.05) is 82.2 Å². The number of aliphatic hydroxyl groups excluding tert-OH is 1. The third-order valence-electron chi connectivity index (χ3n) is 11.8. The van der Waals surface area contributed by atoms with Gasteiger partial charge in [-0.25, -0.2) is 9.59 Å². The quantitative estimate of drug-likeness (QED) is 0.0827. The molecule has 1 aromatic carbocycles. The highest BCUT2D eigenvalue weighted by Crippen LogP contribution is 2.44. The summed E-state index contributed by atoms with van der Waals surface area (Å²) >= 11 is 0. The molecule has 0 spiro atoms. The van der Waals surface area contributed by atoms with Gasteiger partial charge in [0.05, 0.1) is 17.6 Å². The van der Waals surface area contributed by atoms with Crippen LogP contribution in [-0.4, -0.2) is 36.4 Å². The third kappa shape index (κ3) is 11.7. The monoisotopic (exact) mass is 660 g/mol. The molecule has 0 bridgehead atoms. The van der Waals surface area contributed by atoms with Gasteiger partial charge in [-0.05, 0) is 138 Å². The summed E-state index contributed by atoms with van der Waals surface area (Å²) in [5, 5.41) is 9.67. The number of esters is 2. The molecule has 0 saturated heterocycles. The Balaban J connectivity index is 1.20. The molecule has 5 heteroatoms. The summed E-state index contributed by atoms with van der Waals surface area (Å²) in [7, 11) is 0. The molecule has 0 aliphatic heterocycles. The van der Waals surface area contributed by atoms with Gasteiger partial charge in [0.25, 0.3) is 0 Å². The van der Waals surface area contributed by atoms with E-state index >= 15 is 0 Å². The molecule has 0 radical (unpaired) electrons. The zero-order valence-corrected chi connectivity index (χ0v) is 30.3. The summed E-state index contributed by atoms with van der Waals surface area (Å²) < 4.78 is 10.9. The molecule has 2 unspecified atom stereocenters. The van der Waals surface area contributed by atoms with Gasteiger partial charge in [0, 0.05) is 5.57 Å². The Morgan fingerprint density at radius 3 is 1.83 bits per heavy atom. The molecule has 0 amide bonds. The van der Waals surface area contributed by atoms with Gasteiger partial charge >= 0.3 is 11.9 Å². The largest absolute Gasteiger partial charge is 0.462 e. The zero-order chi connectivity index (χ0) is 34.5. The Morgan fingerprint density at radius 1 is 0.792 bits per heavy atom. The lowest BCUT2D eigenvalue weighted by Crippen LogP contribution is -2.25. The van der Waals surface area contributed by atoms with E-state index in [9.17, 15) is 14.7 Å². The van der Waals surface area contributed by atoms with Crippen LogP contribution < -0.4 is 0 Å². The predicted molar refractivity (Wildman–Crippen MR) is 196 cm³/mol. The number of aliphatic hydroxyl groups is 1. The predicted octanol–water partition coefficient (Wildman–Crippen LogP) is 10.4. The van der Waals surface area contributed by atoms with Crippen LogP contribution in [-0.2, 0) is 19.1 Å². The number of unbranched alkanes of at least 4 members (excludes halogenated alkanes) is 2. The Hall–Kier alpha value is -2.66. The second kappa shape index (κ2) is 19.5. The lowest BCUT2D eigenvalue weighted by atomic mass is 9.68. The number of ether oxygens (including phenoxy) is 2. The molecule has 4 rings (SSSR count). The summed E-state index contributed by atoms with van der Waals surface area (Å²) in [5.74, 6) is 3.51. The fourth-order valence-corrected chi connectivity index (χ4v) is 8.42. The van der Waals surface area contributed by atoms with Crippen molar-refractivity contribution >= 4 is 11.9 Å². The van der Waals surface area contributed by atoms with Crippen molar-refractivity contribution in [3.8, 4) is 0 Å². The molecule has 3 saturated carbocycles. The zero-order valence-electron chi connectivity index (χ0n) is 30.3. The van der Waals surface area contributed by atoms with Gasteiger partial charge in [0.2, 0.25) is 0 Å². The van der Waals surface area contributed by atoms with E-state index < -0.39 is 18.0 Å². The van der Waals surface area contributed by atoms with E-state index in [4.69, 9.17) is 9.47 Å². The highest BCUT2D eigenvalue weighted by Gasteiger charge is 2.31. The molecule has 5 nitrogen and oxygen atoms in total. The van der Waals surface area contributed by atoms with Gasteiger partial charge in [0.1, 0.15) is 13.2 Å². The van der Waals surface area contributed by atoms with E-state index in [0.29, 0.717) is 11.5 Å². The average molecular weight is 661 g/mol. The van der Waals surface area contributed by atoms with E-state index in [0.717, 1.165) is 35.2 Å². The molecule has 266 valence electrons. The molecule has 1 aromatic rings. The van der Waals surface area contributed by atoms with Crippen LogP contribution in [0.25, 0.3) is 0 Å². The maximum absolute atomic E-state index is 12.3. The molecule has 0 aromatic heterocycles. The molecule has 48 heavy (non-hydrogen) atoms. The van der Waals surface area contributed by atoms with Crippen LogP contribution in [0.1, 0.15) is 146 Å². The summed E-state index contributed by atoms with van der Waals surface area (Å²) in [6, 6.07) is 8.54. The van der Waals surface area contributed by atoms with Crippen LogP contribution in [0.5, 0.6) is 0 Å². The molecule has 1 N–H and O–H groups in total. The number of carbonyl (C=O) groups is 2. The summed E-state index contributed by atoms with van der Waals surface area (Å²) in [6.07, 6.45) is 26.3. The van der Waals surface area contributed by atoms with Crippen molar-refractivity contribution in [2.24, 2.45) is 29.6 Å². The number of allylic oxidation sites excluding steroid dienone is 2. The van der Waals surface area contributed by atoms with Gasteiger partial charge in [-0.15, -0.1) is 0 Å². The molecule has 3 fully saturated rings. The standard InChI is InChI=1S/C43H64O5/c1-6-7-8-9-33-10-12-34(13-11-33)14-15-35-16-18-36(19-17-35)37-20-22-38(23-21-37)39-24-26-40(27-25-39)41(28-47-42(45)30(2)3)29-48-43(46)31(4)32(5)44/h14-15,24-27,32-38,41,44H,2,4,6-13,16-23,28-29H2,1,3,5H3/b15-14+. The van der Waals surface area contributed by atoms with E-state index in [1.54, 1.807) is 6.92 Å². The van der Waals surface area contributed by atoms with Crippen LogP contribution in [0.15, 0.2) is 60.7 Å². The maximum Gasteiger partial charge on any atom is 0.336 e. The van der Waals surface area contributed by atoms with E-state index in [1.807, 2.05) is 0 Å². The number of hydrogen-bond donors (Lipinski definition) is 1. The first-order chi connectivity index (χ1) is 23.1. The van der Waals surface area contributed by atoms with Crippen molar-refractivity contribution in [1.82, 2.24) is 0 Å². The normalized spacial score (nSPS) is 27.6. The summed E-state index contributed by atoms with van der Waals surface area (Å²) in [6.45, 7) is 12.8. The Labute approximate surface area is 291 Å². The van der Waals surface area contributed by atoms with Gasteiger partial charge in [-0.2, -0.15) is 0 Å². The minimum atomic E-state index is -0.983. The third-order valence-corrected chi connectivity index (χ3v) is 11.8. The first-order valence-electron chi connectivity index (χ1n) is 19.3. The summed E-state index contributed by atoms with van der Waals surface area (Å²) in [5.41, 5.74) is 2.63. The molecular weight excluding hydrogens is 596 g/mol. The topological polar surface area (TPSA) is 72.8 Å². The van der Waals surface area contributed by atoms with Gasteiger partial charge < -0.3 is 14.6 Å². The maximum atomic E-state index is 12.3. The number of rotatable bonds is 16. The minimum absolute atomic E-state index is 0.00386. The van der Waals surface area contributed by atoms with E-state index in [-0.39, 0.29) is 24.7 Å². The fraction of sp³-hybridized carbons (Fsp3) is 0.674. The smallest absolute Gasteiger partial charge is 0.336 e. The van der Waals surface area contributed by atoms with Crippen LogP contribution in [0, 0.1) is 29.6 Å². The van der Waals surface area contributed by atoms with E-state index in [2.05, 4.69) is 56.5 Å². The lowest BCUT2D eigenvalue weighted by molar-refractivity contribution is -0.143. The Morgan fingerprint density at radius 2 is 1.31 bits per heavy atom. The second-order valence-corrected chi connectivity index (χ2v) is 15.5. The Kier molecular flexibility index (Phi) is 15.5. The average Bonchev–Trinajstić information content (AvgIpc) is 3.11. The fourth-order valence-electron chi connectivity index (χ4n) is 8.42. The SMILES string of the molecule is C=C(C)C(=O)OCC(COC(=O)C(=C)C(C)O)c1ccc(C2CCC(C3CCC(/C=C/C4CCC(CCCCC)CC4)CC3)CC2)cc1. The molecular formula is C43H64O5. The van der Waals surface area contributed by atoms with Crippen molar-refractivity contribution in [3.05, 3.63) is 71.8 Å². The van der Waals surface area contributed by atoms with Gasteiger partial charge in [0.15, 0.2) is 0 Å². The molecule has 3 aliphatic rings. The Bertz CT molecular complexity index is 1190. The van der Waals surface area contributed by atoms with Crippen molar-refractivity contribution in [3.63, 3.8) is 0 Å². The molecule has 0 heterocycles. The highest BCUT2D eigenvalue weighted by atomic mass is 16.5. The van der Waals surface area contributed by atoms with Crippen LogP contribution in [0.3, 0.4) is 0 Å². The first kappa shape index (κ1) is 38.1. The second-order valence-electron chi connectivity index (χ2n) is 15.5. The van der Waals surface area contributed by atoms with Crippen LogP contribution >= 0.6 is 0 Å².